The first-order chi connectivity index (χ1) is 28.8. The van der Waals surface area contributed by atoms with Gasteiger partial charge in [0, 0.05) is 13.0 Å². The fraction of sp³-hybridized carbons (Fsp3) is 0.857. The minimum Gasteiger partial charge on any atom is -0.457 e. The van der Waals surface area contributed by atoms with Crippen molar-refractivity contribution in [1.29, 1.82) is 0 Å². The number of aliphatic hydroxyl groups is 2. The van der Waals surface area contributed by atoms with Crippen LogP contribution in [0.15, 0.2) is 36.5 Å². The molecule has 3 atom stereocenters. The number of hydrogen-bond acceptors (Lipinski definition) is 8. The quantitative estimate of drug-likeness (QED) is 0.0237. The fourth-order valence-corrected chi connectivity index (χ4v) is 7.62. The monoisotopic (exact) mass is 857 g/mol. The minimum atomic E-state index is -4.52. The molecule has 0 radical (unpaired) electrons. The van der Waals surface area contributed by atoms with E-state index in [1.54, 1.807) is 0 Å². The van der Waals surface area contributed by atoms with Crippen LogP contribution in [0.3, 0.4) is 0 Å². The van der Waals surface area contributed by atoms with Crippen molar-refractivity contribution in [3.8, 4) is 0 Å². The molecule has 0 amide bonds. The van der Waals surface area contributed by atoms with Crippen LogP contribution < -0.4 is 0 Å². The Bertz CT molecular complexity index is 1020. The highest BCUT2D eigenvalue weighted by Gasteiger charge is 2.26. The van der Waals surface area contributed by atoms with Gasteiger partial charge in [0.1, 0.15) is 12.2 Å². The van der Waals surface area contributed by atoms with Crippen molar-refractivity contribution in [2.45, 2.75) is 238 Å². The average Bonchev–Trinajstić information content (AvgIpc) is 3.23. The van der Waals surface area contributed by atoms with E-state index in [4.69, 9.17) is 23.6 Å². The van der Waals surface area contributed by atoms with E-state index in [1.807, 2.05) is 0 Å². The molecule has 59 heavy (non-hydrogen) atoms. The Kier molecular flexibility index (Phi) is 45.2. The summed E-state index contributed by atoms with van der Waals surface area (Å²) in [6, 6.07) is 0. The molecule has 0 aromatic rings. The predicted octanol–water partition coefficient (Wildman–Crippen LogP) is 14.0. The molecule has 0 bridgehead atoms. The van der Waals surface area contributed by atoms with Gasteiger partial charge in [-0.25, -0.2) is 4.57 Å². The highest BCUT2D eigenvalue weighted by atomic mass is 31.2. The number of hydrogen-bond donors (Lipinski definition) is 3. The number of carbonyl (C=O) groups excluding carboxylic acids is 1. The standard InChI is InChI=1S/C49H93O9P/c1-3-5-7-9-11-13-15-17-19-21-22-23-24-25-27-29-31-33-35-37-39-41-49(52)58-48(46-57-59(53,54)56-44-47(51)43-50)45-55-42-40-38-36-34-32-30-28-26-20-18-16-14-12-10-8-6-4-2/h15,17,21-22,24-25,47-48,50-51H,3-14,16,18-20,23,26-46H2,1-2H3,(H,53,54)/b17-15-,22-21-,25-24-. The van der Waals surface area contributed by atoms with E-state index >= 15 is 0 Å². The van der Waals surface area contributed by atoms with E-state index in [-0.39, 0.29) is 19.6 Å². The zero-order valence-corrected chi connectivity index (χ0v) is 39.1. The maximum absolute atomic E-state index is 12.7. The van der Waals surface area contributed by atoms with Crippen molar-refractivity contribution in [2.75, 3.05) is 33.0 Å². The number of ether oxygens (including phenoxy) is 2. The molecule has 0 saturated carbocycles. The van der Waals surface area contributed by atoms with Crippen LogP contribution in [0, 0.1) is 0 Å². The largest absolute Gasteiger partial charge is 0.472 e. The van der Waals surface area contributed by atoms with E-state index in [0.29, 0.717) is 13.0 Å². The molecule has 3 unspecified atom stereocenters. The Morgan fingerprint density at radius 1 is 0.525 bits per heavy atom. The van der Waals surface area contributed by atoms with Crippen LogP contribution in [0.1, 0.15) is 226 Å². The number of aliphatic hydroxyl groups excluding tert-OH is 2. The van der Waals surface area contributed by atoms with Gasteiger partial charge in [-0.3, -0.25) is 13.8 Å². The number of carbonyl (C=O) groups is 1. The van der Waals surface area contributed by atoms with Gasteiger partial charge in [0.05, 0.1) is 26.4 Å². The molecule has 0 aliphatic heterocycles. The van der Waals surface area contributed by atoms with Gasteiger partial charge >= 0.3 is 13.8 Å². The summed E-state index contributed by atoms with van der Waals surface area (Å²) in [5.41, 5.74) is 0. The third kappa shape index (κ3) is 46.0. The van der Waals surface area contributed by atoms with Crippen LogP contribution in [0.4, 0.5) is 0 Å². The molecular formula is C49H93O9P. The van der Waals surface area contributed by atoms with Crippen LogP contribution in [-0.4, -0.2) is 66.3 Å². The number of allylic oxidation sites excluding steroid dienone is 6. The third-order valence-corrected chi connectivity index (χ3v) is 11.5. The Morgan fingerprint density at radius 3 is 1.37 bits per heavy atom. The van der Waals surface area contributed by atoms with Gasteiger partial charge in [-0.05, 0) is 51.4 Å². The summed E-state index contributed by atoms with van der Waals surface area (Å²) in [7, 11) is -4.52. The van der Waals surface area contributed by atoms with Crippen molar-refractivity contribution < 1.29 is 43.0 Å². The van der Waals surface area contributed by atoms with Crippen LogP contribution in [0.5, 0.6) is 0 Å². The molecule has 3 N–H and O–H groups in total. The molecular weight excluding hydrogens is 764 g/mol. The first-order valence-corrected chi connectivity index (χ1v) is 26.0. The first kappa shape index (κ1) is 57.7. The number of phosphoric ester groups is 1. The predicted molar refractivity (Wildman–Crippen MR) is 247 cm³/mol. The smallest absolute Gasteiger partial charge is 0.457 e. The van der Waals surface area contributed by atoms with Crippen molar-refractivity contribution in [2.24, 2.45) is 0 Å². The molecule has 0 fully saturated rings. The summed E-state index contributed by atoms with van der Waals surface area (Å²) in [6.07, 6.45) is 51.0. The third-order valence-electron chi connectivity index (χ3n) is 10.6. The molecule has 0 aromatic heterocycles. The zero-order valence-electron chi connectivity index (χ0n) is 38.2. The van der Waals surface area contributed by atoms with Gasteiger partial charge in [0.2, 0.25) is 0 Å². The summed E-state index contributed by atoms with van der Waals surface area (Å²) in [6.45, 7) is 3.53. The summed E-state index contributed by atoms with van der Waals surface area (Å²) in [5, 5.41) is 18.4. The molecule has 0 saturated heterocycles. The molecule has 10 heteroatoms. The Morgan fingerprint density at radius 2 is 0.915 bits per heavy atom. The van der Waals surface area contributed by atoms with Crippen molar-refractivity contribution in [3.63, 3.8) is 0 Å². The second-order valence-corrected chi connectivity index (χ2v) is 17.9. The van der Waals surface area contributed by atoms with Crippen molar-refractivity contribution in [1.82, 2.24) is 0 Å². The first-order valence-electron chi connectivity index (χ1n) is 24.5. The SMILES string of the molecule is CCCCCCC/C=C\C/C=C\C/C=C\CCCCCCCCC(=O)OC(COCCCCCCCCCCCCCCCCCCC)COP(=O)(O)OCC(O)CO. The number of esters is 1. The van der Waals surface area contributed by atoms with Crippen LogP contribution in [-0.2, 0) is 27.9 Å². The second-order valence-electron chi connectivity index (χ2n) is 16.5. The fourth-order valence-electron chi connectivity index (χ4n) is 6.83. The highest BCUT2D eigenvalue weighted by molar-refractivity contribution is 7.47. The van der Waals surface area contributed by atoms with Crippen LogP contribution in [0.2, 0.25) is 0 Å². The van der Waals surface area contributed by atoms with E-state index in [2.05, 4.69) is 50.3 Å². The lowest BCUT2D eigenvalue weighted by Crippen LogP contribution is -2.29. The summed E-state index contributed by atoms with van der Waals surface area (Å²) in [4.78, 5) is 22.7. The minimum absolute atomic E-state index is 0.0469. The van der Waals surface area contributed by atoms with Crippen LogP contribution >= 0.6 is 7.82 Å². The summed E-state index contributed by atoms with van der Waals surface area (Å²) in [5.74, 6) is -0.391. The molecule has 0 aromatic carbocycles. The van der Waals surface area contributed by atoms with Gasteiger partial charge in [0.25, 0.3) is 0 Å². The lowest BCUT2D eigenvalue weighted by atomic mass is 10.0. The number of rotatable bonds is 47. The molecule has 0 heterocycles. The Balaban J connectivity index is 4.12. The normalized spacial score (nSPS) is 14.2. The van der Waals surface area contributed by atoms with E-state index in [1.165, 1.54) is 148 Å². The Labute approximate surface area is 363 Å². The van der Waals surface area contributed by atoms with Gasteiger partial charge in [-0.2, -0.15) is 0 Å². The maximum Gasteiger partial charge on any atom is 0.472 e. The lowest BCUT2D eigenvalue weighted by Gasteiger charge is -2.20. The van der Waals surface area contributed by atoms with E-state index in [0.717, 1.165) is 51.4 Å². The molecule has 0 spiro atoms. The van der Waals surface area contributed by atoms with Crippen molar-refractivity contribution >= 4 is 13.8 Å². The van der Waals surface area contributed by atoms with E-state index in [9.17, 15) is 19.4 Å². The zero-order chi connectivity index (χ0) is 43.2. The molecule has 0 aliphatic rings. The number of unbranched alkanes of at least 4 members (excludes halogenated alkanes) is 27. The molecule has 0 aliphatic carbocycles. The van der Waals surface area contributed by atoms with Crippen LogP contribution in [0.25, 0.3) is 0 Å². The average molecular weight is 857 g/mol. The van der Waals surface area contributed by atoms with E-state index < -0.39 is 39.2 Å². The number of phosphoric acid groups is 1. The summed E-state index contributed by atoms with van der Waals surface area (Å²) >= 11 is 0. The lowest BCUT2D eigenvalue weighted by molar-refractivity contribution is -0.154. The molecule has 348 valence electrons. The van der Waals surface area contributed by atoms with Crippen molar-refractivity contribution in [3.05, 3.63) is 36.5 Å². The van der Waals surface area contributed by atoms with Gasteiger partial charge < -0.3 is 24.6 Å². The molecule has 9 nitrogen and oxygen atoms in total. The topological polar surface area (TPSA) is 132 Å². The van der Waals surface area contributed by atoms with Gasteiger partial charge in [0.15, 0.2) is 0 Å². The highest BCUT2D eigenvalue weighted by Crippen LogP contribution is 2.43. The molecule has 0 rings (SSSR count). The van der Waals surface area contributed by atoms with Gasteiger partial charge in [-0.1, -0.05) is 204 Å². The maximum atomic E-state index is 12.7. The Hall–Kier alpha value is -1.32. The summed E-state index contributed by atoms with van der Waals surface area (Å²) < 4.78 is 33.5. The second kappa shape index (κ2) is 46.2. The van der Waals surface area contributed by atoms with Gasteiger partial charge in [-0.15, -0.1) is 0 Å².